The second-order valence-electron chi connectivity index (χ2n) is 15.7. The van der Waals surface area contributed by atoms with Crippen LogP contribution in [0.1, 0.15) is 187 Å². The Bertz CT molecular complexity index is 891. The number of aliphatic hydroxyl groups excluding tert-OH is 1. The molecule has 2 N–H and O–H groups in total. The second-order valence-corrected chi connectivity index (χ2v) is 17.1. The van der Waals surface area contributed by atoms with E-state index in [4.69, 9.17) is 9.05 Å². The summed E-state index contributed by atoms with van der Waals surface area (Å²) < 4.78 is 23.0. The molecule has 0 radical (unpaired) electrons. The van der Waals surface area contributed by atoms with Gasteiger partial charge < -0.3 is 28.8 Å². The summed E-state index contributed by atoms with van der Waals surface area (Å²) in [5, 5.41) is 13.6. The summed E-state index contributed by atoms with van der Waals surface area (Å²) in [6.07, 6.45) is 39.8. The zero-order valence-corrected chi connectivity index (χ0v) is 35.0. The number of amides is 1. The molecular weight excluding hydrogens is 659 g/mol. The van der Waals surface area contributed by atoms with Crippen molar-refractivity contribution in [3.8, 4) is 0 Å². The van der Waals surface area contributed by atoms with Gasteiger partial charge in [0.25, 0.3) is 7.82 Å². The van der Waals surface area contributed by atoms with Crippen molar-refractivity contribution < 1.29 is 32.9 Å². The van der Waals surface area contributed by atoms with Crippen LogP contribution in [0.3, 0.4) is 0 Å². The van der Waals surface area contributed by atoms with Crippen molar-refractivity contribution >= 4 is 13.7 Å². The Hall–Kier alpha value is -1.02. The topological polar surface area (TPSA) is 108 Å². The first-order valence-corrected chi connectivity index (χ1v) is 22.7. The molecule has 3 atom stereocenters. The fraction of sp³-hybridized carbons (Fsp3) is 0.881. The molecule has 9 heteroatoms. The van der Waals surface area contributed by atoms with E-state index in [1.54, 1.807) is 6.08 Å². The van der Waals surface area contributed by atoms with Gasteiger partial charge in [0, 0.05) is 6.42 Å². The van der Waals surface area contributed by atoms with E-state index in [2.05, 4.69) is 31.3 Å². The van der Waals surface area contributed by atoms with Gasteiger partial charge in [0.2, 0.25) is 5.91 Å². The molecular formula is C42H83N2O6P. The van der Waals surface area contributed by atoms with E-state index in [1.807, 2.05) is 27.2 Å². The lowest BCUT2D eigenvalue weighted by atomic mass is 10.0. The maximum absolute atomic E-state index is 12.8. The van der Waals surface area contributed by atoms with E-state index in [9.17, 15) is 19.4 Å². The highest BCUT2D eigenvalue weighted by Crippen LogP contribution is 2.38. The lowest BCUT2D eigenvalue weighted by Gasteiger charge is -2.29. The zero-order valence-electron chi connectivity index (χ0n) is 34.1. The number of unbranched alkanes of at least 4 members (excludes halogenated alkanes) is 23. The van der Waals surface area contributed by atoms with Crippen molar-refractivity contribution in [2.24, 2.45) is 0 Å². The molecule has 0 fully saturated rings. The molecule has 0 aliphatic rings. The highest BCUT2D eigenvalue weighted by molar-refractivity contribution is 7.45. The summed E-state index contributed by atoms with van der Waals surface area (Å²) in [7, 11) is 1.24. The van der Waals surface area contributed by atoms with Crippen LogP contribution in [-0.2, 0) is 18.4 Å². The van der Waals surface area contributed by atoms with Crippen LogP contribution >= 0.6 is 7.82 Å². The van der Waals surface area contributed by atoms with E-state index in [1.165, 1.54) is 122 Å². The van der Waals surface area contributed by atoms with Crippen LogP contribution in [0.25, 0.3) is 0 Å². The number of nitrogens with zero attached hydrogens (tertiary/aromatic N) is 1. The van der Waals surface area contributed by atoms with Gasteiger partial charge >= 0.3 is 0 Å². The van der Waals surface area contributed by atoms with Gasteiger partial charge in [0.1, 0.15) is 13.2 Å². The normalized spacial score (nSPS) is 14.7. The predicted octanol–water partition coefficient (Wildman–Crippen LogP) is 10.7. The minimum absolute atomic E-state index is 0.00514. The summed E-state index contributed by atoms with van der Waals surface area (Å²) in [5.74, 6) is -0.210. The summed E-state index contributed by atoms with van der Waals surface area (Å²) >= 11 is 0. The van der Waals surface area contributed by atoms with E-state index in [0.29, 0.717) is 17.4 Å². The van der Waals surface area contributed by atoms with Crippen molar-refractivity contribution in [1.29, 1.82) is 0 Å². The van der Waals surface area contributed by atoms with Crippen LogP contribution < -0.4 is 10.2 Å². The Morgan fingerprint density at radius 1 is 0.667 bits per heavy atom. The monoisotopic (exact) mass is 743 g/mol. The molecule has 0 aliphatic heterocycles. The number of carbonyl (C=O) groups is 1. The third kappa shape index (κ3) is 37.1. The molecule has 302 valence electrons. The Balaban J connectivity index is 4.14. The average molecular weight is 743 g/mol. The molecule has 3 unspecified atom stereocenters. The first-order valence-electron chi connectivity index (χ1n) is 21.2. The standard InChI is InChI=1S/C42H83N2O6P/c1-6-8-10-12-14-15-16-17-18-19-20-21-22-23-24-25-26-27-28-30-32-34-36-42(46)43-40(41(45)35-33-31-29-13-11-9-7-2)39-50-51(47,48)49-38-37-44(3,4)5/h11,13,33,35,40-41,45H,6-10,12,14-32,34,36-39H2,1-5H3,(H-,43,46,47,48)/b13-11+,35-33+. The molecule has 0 bridgehead atoms. The highest BCUT2D eigenvalue weighted by atomic mass is 31.2. The molecule has 0 spiro atoms. The number of aliphatic hydroxyl groups is 1. The Labute approximate surface area is 315 Å². The number of carbonyl (C=O) groups excluding carboxylic acids is 1. The summed E-state index contributed by atoms with van der Waals surface area (Å²) in [6.45, 7) is 4.52. The van der Waals surface area contributed by atoms with Gasteiger partial charge in [-0.2, -0.15) is 0 Å². The fourth-order valence-corrected chi connectivity index (χ4v) is 6.72. The number of allylic oxidation sites excluding steroid dienone is 3. The lowest BCUT2D eigenvalue weighted by molar-refractivity contribution is -0.870. The van der Waals surface area contributed by atoms with Gasteiger partial charge in [-0.15, -0.1) is 0 Å². The molecule has 0 aliphatic carbocycles. The van der Waals surface area contributed by atoms with E-state index >= 15 is 0 Å². The quantitative estimate of drug-likeness (QED) is 0.0282. The van der Waals surface area contributed by atoms with Gasteiger partial charge in [0.15, 0.2) is 0 Å². The van der Waals surface area contributed by atoms with Crippen LogP contribution in [0, 0.1) is 0 Å². The molecule has 0 aromatic carbocycles. The number of rotatable bonds is 38. The SMILES string of the molecule is CCC/C=C/CC/C=C/C(O)C(COP(=O)([O-])OCC[N+](C)(C)C)NC(=O)CCCCCCCCCCCCCCCCCCCCCCCC. The first kappa shape index (κ1) is 50.0. The van der Waals surface area contributed by atoms with Gasteiger partial charge in [-0.1, -0.05) is 179 Å². The van der Waals surface area contributed by atoms with Gasteiger partial charge in [-0.25, -0.2) is 0 Å². The Morgan fingerprint density at radius 2 is 1.10 bits per heavy atom. The second kappa shape index (κ2) is 34.7. The van der Waals surface area contributed by atoms with Crippen LogP contribution in [0.2, 0.25) is 0 Å². The number of hydrogen-bond donors (Lipinski definition) is 2. The maximum atomic E-state index is 12.8. The molecule has 8 nitrogen and oxygen atoms in total. The number of hydrogen-bond acceptors (Lipinski definition) is 6. The molecule has 0 rings (SSSR count). The number of likely N-dealkylation sites (N-methyl/N-ethyl adjacent to an activating group) is 1. The summed E-state index contributed by atoms with van der Waals surface area (Å²) in [4.78, 5) is 25.1. The molecule has 0 aromatic rings. The molecule has 1 amide bonds. The predicted molar refractivity (Wildman–Crippen MR) is 215 cm³/mol. The van der Waals surface area contributed by atoms with Crippen molar-refractivity contribution in [3.63, 3.8) is 0 Å². The van der Waals surface area contributed by atoms with E-state index < -0.39 is 26.6 Å². The van der Waals surface area contributed by atoms with E-state index in [0.717, 1.165) is 44.9 Å². The number of quaternary nitrogens is 1. The zero-order chi connectivity index (χ0) is 37.9. The van der Waals surface area contributed by atoms with Gasteiger partial charge in [-0.3, -0.25) is 9.36 Å². The van der Waals surface area contributed by atoms with Crippen molar-refractivity contribution in [2.75, 3.05) is 40.9 Å². The van der Waals surface area contributed by atoms with Crippen molar-refractivity contribution in [1.82, 2.24) is 5.32 Å². The van der Waals surface area contributed by atoms with Crippen molar-refractivity contribution in [2.45, 2.75) is 199 Å². The Morgan fingerprint density at radius 3 is 1.55 bits per heavy atom. The summed E-state index contributed by atoms with van der Waals surface area (Å²) in [6, 6.07) is -0.895. The molecule has 0 saturated heterocycles. The number of nitrogens with one attached hydrogen (secondary N) is 1. The first-order chi connectivity index (χ1) is 24.5. The Kier molecular flexibility index (Phi) is 34.0. The van der Waals surface area contributed by atoms with E-state index in [-0.39, 0.29) is 12.5 Å². The van der Waals surface area contributed by atoms with Crippen LogP contribution in [0.5, 0.6) is 0 Å². The average Bonchev–Trinajstić information content (AvgIpc) is 3.07. The summed E-state index contributed by atoms with van der Waals surface area (Å²) in [5.41, 5.74) is 0. The molecule has 51 heavy (non-hydrogen) atoms. The van der Waals surface area contributed by atoms with Gasteiger partial charge in [-0.05, 0) is 25.7 Å². The maximum Gasteiger partial charge on any atom is 0.268 e. The van der Waals surface area contributed by atoms with Crippen molar-refractivity contribution in [3.05, 3.63) is 24.3 Å². The molecule has 0 heterocycles. The third-order valence-corrected chi connectivity index (χ3v) is 10.4. The largest absolute Gasteiger partial charge is 0.756 e. The molecule has 0 saturated carbocycles. The number of phosphoric acid groups is 1. The van der Waals surface area contributed by atoms with Crippen LogP contribution in [-0.4, -0.2) is 68.5 Å². The minimum Gasteiger partial charge on any atom is -0.756 e. The fourth-order valence-electron chi connectivity index (χ4n) is 6.00. The van der Waals surface area contributed by atoms with Crippen LogP contribution in [0.15, 0.2) is 24.3 Å². The number of phosphoric ester groups is 1. The smallest absolute Gasteiger partial charge is 0.268 e. The molecule has 0 aromatic heterocycles. The lowest BCUT2D eigenvalue weighted by Crippen LogP contribution is -2.45. The highest BCUT2D eigenvalue weighted by Gasteiger charge is 2.23. The third-order valence-electron chi connectivity index (χ3n) is 9.40. The van der Waals surface area contributed by atoms with Gasteiger partial charge in [0.05, 0.1) is 39.9 Å². The minimum atomic E-state index is -4.58. The van der Waals surface area contributed by atoms with Crippen LogP contribution in [0.4, 0.5) is 0 Å².